The van der Waals surface area contributed by atoms with Crippen LogP contribution in [0.25, 0.3) is 0 Å². The van der Waals surface area contributed by atoms with Gasteiger partial charge in [-0.2, -0.15) is 5.10 Å². The molecule has 2 heterocycles. The minimum absolute atomic E-state index is 0.0500. The first kappa shape index (κ1) is 22.3. The summed E-state index contributed by atoms with van der Waals surface area (Å²) in [5, 5.41) is 7.42. The van der Waals surface area contributed by atoms with Crippen molar-refractivity contribution in [3.05, 3.63) is 46.9 Å². The fourth-order valence-corrected chi connectivity index (χ4v) is 4.81. The smallest absolute Gasteiger partial charge is 0.240 e. The molecule has 6 nitrogen and oxygen atoms in total. The lowest BCUT2D eigenvalue weighted by atomic mass is 9.87. The van der Waals surface area contributed by atoms with Gasteiger partial charge in [-0.25, -0.2) is 4.39 Å². The van der Waals surface area contributed by atoms with Gasteiger partial charge in [0.15, 0.2) is 0 Å². The van der Waals surface area contributed by atoms with Crippen LogP contribution in [0, 0.1) is 5.82 Å². The van der Waals surface area contributed by atoms with Crippen molar-refractivity contribution in [2.75, 3.05) is 23.7 Å². The van der Waals surface area contributed by atoms with Crippen LogP contribution < -0.4 is 10.2 Å². The average molecular weight is 433 g/mol. The number of aryl methyl sites for hydroxylation is 1. The number of nitrogens with one attached hydrogen (secondary N) is 1. The number of rotatable bonds is 5. The van der Waals surface area contributed by atoms with E-state index < -0.39 is 0 Å². The summed E-state index contributed by atoms with van der Waals surface area (Å²) in [6.07, 6.45) is 0.827. The zero-order valence-electron chi connectivity index (χ0n) is 18.2. The lowest BCUT2D eigenvalue weighted by Crippen LogP contribution is -2.42. The molecule has 8 heteroatoms. The number of fused-ring (bicyclic) bond motifs is 1. The highest BCUT2D eigenvalue weighted by atomic mass is 32.2. The predicted octanol–water partition coefficient (Wildman–Crippen LogP) is 3.55. The number of hydrogen-bond acceptors (Lipinski definition) is 4. The van der Waals surface area contributed by atoms with Gasteiger partial charge in [0, 0.05) is 24.6 Å². The molecule has 2 amide bonds. The third-order valence-corrected chi connectivity index (χ3v) is 6.26. The number of halogens is 1. The van der Waals surface area contributed by atoms with Crippen molar-refractivity contribution in [3.8, 4) is 0 Å². The van der Waals surface area contributed by atoms with Gasteiger partial charge in [0.05, 0.1) is 16.7 Å². The second-order valence-corrected chi connectivity index (χ2v) is 9.63. The van der Waals surface area contributed by atoms with Gasteiger partial charge in [-0.3, -0.25) is 19.2 Å². The van der Waals surface area contributed by atoms with E-state index >= 15 is 0 Å². The standard InChI is InChI=1S/C22H29FN4O2S/c1-6-11-24-16(28)12-27-17(29)13-30-19(14-7-9-15(23)10-8-14)18-20(22(2,3)4)25-26(5)21(18)27/h7-10,19H,6,11-13H2,1-5H3,(H,24,28)/t19-/m0/s1. The molecule has 1 atom stereocenters. The van der Waals surface area contributed by atoms with E-state index in [0.29, 0.717) is 12.4 Å². The van der Waals surface area contributed by atoms with Gasteiger partial charge in [0.2, 0.25) is 11.8 Å². The summed E-state index contributed by atoms with van der Waals surface area (Å²) in [6, 6.07) is 6.38. The molecule has 0 radical (unpaired) electrons. The molecule has 0 aliphatic carbocycles. The summed E-state index contributed by atoms with van der Waals surface area (Å²) in [5.41, 5.74) is 2.42. The zero-order valence-corrected chi connectivity index (χ0v) is 19.0. The van der Waals surface area contributed by atoms with Crippen molar-refractivity contribution in [3.63, 3.8) is 0 Å². The van der Waals surface area contributed by atoms with Crippen molar-refractivity contribution in [2.24, 2.45) is 7.05 Å². The number of hydrogen-bond donors (Lipinski definition) is 1. The van der Waals surface area contributed by atoms with Crippen molar-refractivity contribution in [1.29, 1.82) is 0 Å². The number of carbonyl (C=O) groups is 2. The first-order chi connectivity index (χ1) is 14.1. The third-order valence-electron chi connectivity index (χ3n) is 5.00. The Labute approximate surface area is 181 Å². The molecule has 30 heavy (non-hydrogen) atoms. The third kappa shape index (κ3) is 4.53. The van der Waals surface area contributed by atoms with Crippen molar-refractivity contribution in [1.82, 2.24) is 15.1 Å². The summed E-state index contributed by atoms with van der Waals surface area (Å²) >= 11 is 1.49. The molecule has 3 rings (SSSR count). The van der Waals surface area contributed by atoms with Crippen LogP contribution >= 0.6 is 11.8 Å². The molecular weight excluding hydrogens is 403 g/mol. The van der Waals surface area contributed by atoms with Gasteiger partial charge in [0.25, 0.3) is 0 Å². The lowest BCUT2D eigenvalue weighted by Gasteiger charge is -2.24. The van der Waals surface area contributed by atoms with Gasteiger partial charge >= 0.3 is 0 Å². The highest BCUT2D eigenvalue weighted by Crippen LogP contribution is 2.47. The first-order valence-electron chi connectivity index (χ1n) is 10.1. The highest BCUT2D eigenvalue weighted by Gasteiger charge is 2.38. The van der Waals surface area contributed by atoms with E-state index in [9.17, 15) is 14.0 Å². The Morgan fingerprint density at radius 2 is 1.97 bits per heavy atom. The van der Waals surface area contributed by atoms with Crippen LogP contribution in [-0.4, -0.2) is 40.4 Å². The quantitative estimate of drug-likeness (QED) is 0.785. The van der Waals surface area contributed by atoms with Gasteiger partial charge in [-0.05, 0) is 24.1 Å². The fraction of sp³-hybridized carbons (Fsp3) is 0.500. The number of nitrogens with zero attached hydrogens (tertiary/aromatic N) is 3. The van der Waals surface area contributed by atoms with Gasteiger partial charge < -0.3 is 5.32 Å². The molecule has 1 aliphatic heterocycles. The zero-order chi connectivity index (χ0) is 22.1. The van der Waals surface area contributed by atoms with E-state index in [-0.39, 0.29) is 40.6 Å². The molecule has 1 N–H and O–H groups in total. The van der Waals surface area contributed by atoms with Crippen LogP contribution in [0.3, 0.4) is 0 Å². The Morgan fingerprint density at radius 3 is 2.57 bits per heavy atom. The number of aromatic nitrogens is 2. The van der Waals surface area contributed by atoms with Crippen LogP contribution in [0.4, 0.5) is 10.2 Å². The minimum atomic E-state index is -0.301. The van der Waals surface area contributed by atoms with Crippen LogP contribution in [0.5, 0.6) is 0 Å². The molecular formula is C22H29FN4O2S. The molecule has 2 aromatic rings. The highest BCUT2D eigenvalue weighted by molar-refractivity contribution is 8.00. The SMILES string of the molecule is CCCNC(=O)CN1C(=O)CS[C@@H](c2ccc(F)cc2)c2c(C(C)(C)C)nn(C)c21. The summed E-state index contributed by atoms with van der Waals surface area (Å²) in [5.74, 6) is 0.225. The molecule has 0 spiro atoms. The van der Waals surface area contributed by atoms with Crippen LogP contribution in [-0.2, 0) is 22.1 Å². The van der Waals surface area contributed by atoms with Crippen molar-refractivity contribution in [2.45, 2.75) is 44.8 Å². The van der Waals surface area contributed by atoms with E-state index in [1.807, 2.05) is 6.92 Å². The fourth-order valence-electron chi connectivity index (χ4n) is 3.61. The van der Waals surface area contributed by atoms with E-state index in [1.54, 1.807) is 28.8 Å². The average Bonchev–Trinajstić information content (AvgIpc) is 2.96. The van der Waals surface area contributed by atoms with Crippen LogP contribution in [0.2, 0.25) is 0 Å². The van der Waals surface area contributed by atoms with Gasteiger partial charge in [0.1, 0.15) is 18.2 Å². The summed E-state index contributed by atoms with van der Waals surface area (Å²) < 4.78 is 15.2. The maximum atomic E-state index is 13.5. The second kappa shape index (κ2) is 8.79. The maximum absolute atomic E-state index is 13.5. The number of thioether (sulfide) groups is 1. The molecule has 1 aromatic carbocycles. The lowest BCUT2D eigenvalue weighted by molar-refractivity contribution is -0.122. The Bertz CT molecular complexity index is 934. The second-order valence-electron chi connectivity index (χ2n) is 8.53. The molecule has 0 saturated carbocycles. The molecule has 1 aromatic heterocycles. The normalized spacial score (nSPS) is 16.9. The van der Waals surface area contributed by atoms with E-state index in [4.69, 9.17) is 5.10 Å². The van der Waals surface area contributed by atoms with E-state index in [1.165, 1.54) is 23.9 Å². The number of carbonyl (C=O) groups excluding carboxylic acids is 2. The largest absolute Gasteiger partial charge is 0.355 e. The van der Waals surface area contributed by atoms with Gasteiger partial charge in [-0.1, -0.05) is 39.8 Å². The first-order valence-corrected chi connectivity index (χ1v) is 11.2. The Kier molecular flexibility index (Phi) is 6.55. The van der Waals surface area contributed by atoms with Gasteiger partial charge in [-0.15, -0.1) is 11.8 Å². The van der Waals surface area contributed by atoms with Crippen molar-refractivity contribution < 1.29 is 14.0 Å². The van der Waals surface area contributed by atoms with E-state index in [2.05, 4.69) is 26.1 Å². The predicted molar refractivity (Wildman–Crippen MR) is 118 cm³/mol. The Balaban J connectivity index is 2.14. The van der Waals surface area contributed by atoms with Crippen LogP contribution in [0.15, 0.2) is 24.3 Å². The monoisotopic (exact) mass is 432 g/mol. The molecule has 0 unspecified atom stereocenters. The molecule has 0 bridgehead atoms. The van der Waals surface area contributed by atoms with Crippen LogP contribution in [0.1, 0.15) is 56.2 Å². The molecule has 1 aliphatic rings. The maximum Gasteiger partial charge on any atom is 0.240 e. The minimum Gasteiger partial charge on any atom is -0.355 e. The van der Waals surface area contributed by atoms with E-state index in [0.717, 1.165) is 23.2 Å². The Hall–Kier alpha value is -2.35. The summed E-state index contributed by atoms with van der Waals surface area (Å²) in [6.45, 7) is 8.73. The number of amides is 2. The molecule has 0 saturated heterocycles. The summed E-state index contributed by atoms with van der Waals surface area (Å²) in [4.78, 5) is 27.1. The topological polar surface area (TPSA) is 67.2 Å². The number of anilines is 1. The molecule has 162 valence electrons. The summed E-state index contributed by atoms with van der Waals surface area (Å²) in [7, 11) is 1.80. The Morgan fingerprint density at radius 1 is 1.30 bits per heavy atom. The van der Waals surface area contributed by atoms with Crippen molar-refractivity contribution >= 4 is 29.4 Å². The molecule has 0 fully saturated rings. The number of benzene rings is 1.